The summed E-state index contributed by atoms with van der Waals surface area (Å²) < 4.78 is 111. The molecule has 1 aliphatic heterocycles. The van der Waals surface area contributed by atoms with Crippen molar-refractivity contribution in [2.75, 3.05) is 20.1 Å². The highest BCUT2D eigenvalue weighted by Gasteiger charge is 2.49. The molecule has 0 aromatic heterocycles. The van der Waals surface area contributed by atoms with E-state index in [0.717, 1.165) is 12.1 Å². The summed E-state index contributed by atoms with van der Waals surface area (Å²) in [6, 6.07) is 5.86. The summed E-state index contributed by atoms with van der Waals surface area (Å²) in [5, 5.41) is 5.38. The molecule has 2 N–H and O–H groups in total. The van der Waals surface area contributed by atoms with Crippen molar-refractivity contribution in [3.05, 3.63) is 70.5 Å². The first kappa shape index (κ1) is 27.9. The molecule has 1 amide bonds. The van der Waals surface area contributed by atoms with E-state index in [-0.39, 0.29) is 37.6 Å². The number of amides is 1. The molecule has 3 atom stereocenters. The first-order valence-electron chi connectivity index (χ1n) is 11.3. The van der Waals surface area contributed by atoms with Crippen LogP contribution in [-0.2, 0) is 17.1 Å². The molecule has 2 aromatic carbocycles. The molecule has 1 heterocycles. The molecule has 0 bridgehead atoms. The van der Waals surface area contributed by atoms with Gasteiger partial charge in [0.25, 0.3) is 0 Å². The predicted molar refractivity (Wildman–Crippen MR) is 118 cm³/mol. The summed E-state index contributed by atoms with van der Waals surface area (Å²) in [4.78, 5) is 13.1. The second-order valence-corrected chi connectivity index (χ2v) is 9.08. The van der Waals surface area contributed by atoms with Gasteiger partial charge in [0.05, 0.1) is 17.0 Å². The molecule has 1 aliphatic rings. The van der Waals surface area contributed by atoms with Gasteiger partial charge in [-0.2, -0.15) is 26.3 Å². The Labute approximate surface area is 203 Å². The largest absolute Gasteiger partial charge is 0.416 e. The van der Waals surface area contributed by atoms with E-state index < -0.39 is 64.2 Å². The quantitative estimate of drug-likeness (QED) is 0.444. The van der Waals surface area contributed by atoms with Crippen molar-refractivity contribution in [2.45, 2.75) is 49.6 Å². The maximum atomic E-state index is 16.5. The normalized spacial score (nSPS) is 18.8. The van der Waals surface area contributed by atoms with Crippen LogP contribution in [0.4, 0.5) is 35.1 Å². The maximum Gasteiger partial charge on any atom is 0.416 e. The van der Waals surface area contributed by atoms with Gasteiger partial charge >= 0.3 is 12.4 Å². The second kappa shape index (κ2) is 10.4. The lowest BCUT2D eigenvalue weighted by Gasteiger charge is -2.43. The van der Waals surface area contributed by atoms with Gasteiger partial charge in [0.1, 0.15) is 11.5 Å². The van der Waals surface area contributed by atoms with Gasteiger partial charge in [-0.25, -0.2) is 8.78 Å². The van der Waals surface area contributed by atoms with Gasteiger partial charge in [-0.3, -0.25) is 4.79 Å². The van der Waals surface area contributed by atoms with Crippen LogP contribution in [0.1, 0.15) is 53.9 Å². The molecule has 3 nitrogen and oxygen atoms in total. The molecular formula is C25H26F8N2O. The summed E-state index contributed by atoms with van der Waals surface area (Å²) in [5.74, 6) is -5.29. The molecule has 3 unspecified atom stereocenters. The number of piperidine rings is 1. The highest BCUT2D eigenvalue weighted by atomic mass is 19.4. The minimum Gasteiger partial charge on any atom is -0.359 e. The molecule has 3 rings (SSSR count). The van der Waals surface area contributed by atoms with Gasteiger partial charge in [-0.15, -0.1) is 0 Å². The van der Waals surface area contributed by atoms with Crippen molar-refractivity contribution in [2.24, 2.45) is 5.92 Å². The van der Waals surface area contributed by atoms with E-state index in [1.807, 2.05) is 0 Å². The molecule has 36 heavy (non-hydrogen) atoms. The number of carbonyl (C=O) groups excluding carboxylic acids is 1. The summed E-state index contributed by atoms with van der Waals surface area (Å²) in [6.07, 6.45) is -10.3. The maximum absolute atomic E-state index is 16.5. The van der Waals surface area contributed by atoms with Crippen LogP contribution >= 0.6 is 0 Å². The first-order chi connectivity index (χ1) is 16.7. The van der Waals surface area contributed by atoms with Crippen LogP contribution in [0.5, 0.6) is 0 Å². The molecule has 198 valence electrons. The van der Waals surface area contributed by atoms with Crippen molar-refractivity contribution in [1.29, 1.82) is 0 Å². The highest BCUT2D eigenvalue weighted by Crippen LogP contribution is 2.49. The lowest BCUT2D eigenvalue weighted by molar-refractivity contribution is -0.143. The SMILES string of the molecule is CNC(=O)C(C(C)c1cc(C(F)(F)F)cc(C(F)(F)F)c1)C(c1ccc(F)cc1)C1(F)CCNCC1. The Morgan fingerprint density at radius 1 is 0.917 bits per heavy atom. The van der Waals surface area contributed by atoms with Crippen LogP contribution in [-0.4, -0.2) is 31.7 Å². The van der Waals surface area contributed by atoms with Crippen molar-refractivity contribution in [3.63, 3.8) is 0 Å². The zero-order chi connectivity index (χ0) is 26.9. The Bertz CT molecular complexity index is 1030. The second-order valence-electron chi connectivity index (χ2n) is 9.08. The van der Waals surface area contributed by atoms with E-state index in [1.165, 1.54) is 26.1 Å². The topological polar surface area (TPSA) is 41.1 Å². The fourth-order valence-corrected chi connectivity index (χ4v) is 4.93. The lowest BCUT2D eigenvalue weighted by Crippen LogP contribution is -2.49. The number of carbonyl (C=O) groups is 1. The number of benzene rings is 2. The summed E-state index contributed by atoms with van der Waals surface area (Å²) in [7, 11) is 1.25. The molecule has 0 saturated carbocycles. The smallest absolute Gasteiger partial charge is 0.359 e. The van der Waals surface area contributed by atoms with Crippen LogP contribution in [0.15, 0.2) is 42.5 Å². The van der Waals surface area contributed by atoms with Gasteiger partial charge in [0.15, 0.2) is 0 Å². The van der Waals surface area contributed by atoms with E-state index in [1.54, 1.807) is 0 Å². The van der Waals surface area contributed by atoms with E-state index >= 15 is 4.39 Å². The Morgan fingerprint density at radius 3 is 1.86 bits per heavy atom. The molecule has 1 fully saturated rings. The molecule has 0 radical (unpaired) electrons. The minimum atomic E-state index is -5.08. The fraction of sp³-hybridized carbons (Fsp3) is 0.480. The molecule has 1 saturated heterocycles. The van der Waals surface area contributed by atoms with Crippen LogP contribution in [0.3, 0.4) is 0 Å². The van der Waals surface area contributed by atoms with Gasteiger partial charge in [-0.05, 0) is 73.3 Å². The lowest BCUT2D eigenvalue weighted by atomic mass is 9.65. The Hall–Kier alpha value is -2.69. The average molecular weight is 522 g/mol. The number of hydrogen-bond donors (Lipinski definition) is 2. The van der Waals surface area contributed by atoms with E-state index in [4.69, 9.17) is 0 Å². The van der Waals surface area contributed by atoms with E-state index in [2.05, 4.69) is 10.6 Å². The Balaban J connectivity index is 2.22. The zero-order valence-electron chi connectivity index (χ0n) is 19.5. The van der Waals surface area contributed by atoms with Crippen LogP contribution < -0.4 is 10.6 Å². The minimum absolute atomic E-state index is 0.00598. The van der Waals surface area contributed by atoms with Gasteiger partial charge in [-0.1, -0.05) is 19.1 Å². The summed E-state index contributed by atoms with van der Waals surface area (Å²) in [6.45, 7) is 1.81. The molecule has 0 spiro atoms. The molecule has 2 aromatic rings. The van der Waals surface area contributed by atoms with Gasteiger partial charge < -0.3 is 10.6 Å². The molecule has 11 heteroatoms. The zero-order valence-corrected chi connectivity index (χ0v) is 19.5. The first-order valence-corrected chi connectivity index (χ1v) is 11.3. The van der Waals surface area contributed by atoms with E-state index in [0.29, 0.717) is 12.1 Å². The Morgan fingerprint density at radius 2 is 1.42 bits per heavy atom. The van der Waals surface area contributed by atoms with Crippen molar-refractivity contribution < 1.29 is 39.9 Å². The number of alkyl halides is 7. The van der Waals surface area contributed by atoms with Crippen LogP contribution in [0, 0.1) is 11.7 Å². The van der Waals surface area contributed by atoms with Crippen molar-refractivity contribution >= 4 is 5.91 Å². The third kappa shape index (κ3) is 5.99. The van der Waals surface area contributed by atoms with Gasteiger partial charge in [0, 0.05) is 13.0 Å². The van der Waals surface area contributed by atoms with Crippen LogP contribution in [0.25, 0.3) is 0 Å². The number of nitrogens with one attached hydrogen (secondary N) is 2. The predicted octanol–water partition coefficient (Wildman–Crippen LogP) is 6.20. The average Bonchev–Trinajstić information content (AvgIpc) is 2.81. The Kier molecular flexibility index (Phi) is 8.02. The number of rotatable bonds is 6. The third-order valence-electron chi connectivity index (χ3n) is 6.80. The standard InChI is InChI=1S/C25H26F8N2O/c1-14(16-11-17(24(28,29)30)13-18(12-16)25(31,32)33)20(22(36)34-2)21(15-3-5-19(26)6-4-15)23(27)7-9-35-10-8-23/h3-6,11-14,20-21,35H,7-10H2,1-2H3,(H,34,36). The van der Waals surface area contributed by atoms with Crippen molar-refractivity contribution in [1.82, 2.24) is 10.6 Å². The third-order valence-corrected chi connectivity index (χ3v) is 6.80. The number of hydrogen-bond acceptors (Lipinski definition) is 2. The molecule has 0 aliphatic carbocycles. The monoisotopic (exact) mass is 522 g/mol. The summed E-state index contributed by atoms with van der Waals surface area (Å²) in [5.41, 5.74) is -5.25. The fourth-order valence-electron chi connectivity index (χ4n) is 4.93. The van der Waals surface area contributed by atoms with E-state index in [9.17, 15) is 35.5 Å². The number of halogens is 8. The molecular weight excluding hydrogens is 496 g/mol. The summed E-state index contributed by atoms with van der Waals surface area (Å²) >= 11 is 0. The highest BCUT2D eigenvalue weighted by molar-refractivity contribution is 5.81. The van der Waals surface area contributed by atoms with Gasteiger partial charge in [0.2, 0.25) is 5.91 Å². The van der Waals surface area contributed by atoms with Crippen LogP contribution in [0.2, 0.25) is 0 Å². The van der Waals surface area contributed by atoms with Crippen molar-refractivity contribution in [3.8, 4) is 0 Å².